The molecule has 0 spiro atoms. The molecular formula is C14H29F3N2O. The lowest BCUT2D eigenvalue weighted by molar-refractivity contribution is -0.146. The number of alkyl halides is 3. The number of rotatable bonds is 11. The molecule has 0 saturated heterocycles. The molecule has 20 heavy (non-hydrogen) atoms. The predicted molar refractivity (Wildman–Crippen MR) is 75.8 cm³/mol. The average molecular weight is 298 g/mol. The van der Waals surface area contributed by atoms with E-state index in [0.717, 1.165) is 13.0 Å². The Kier molecular flexibility index (Phi) is 9.42. The highest BCUT2D eigenvalue weighted by molar-refractivity contribution is 4.82. The fraction of sp³-hybridized carbons (Fsp3) is 1.00. The maximum Gasteiger partial charge on any atom is 0.401 e. The molecule has 1 atom stereocenters. The van der Waals surface area contributed by atoms with Crippen LogP contribution in [0.15, 0.2) is 0 Å². The number of nitrogens with zero attached hydrogens (tertiary/aromatic N) is 1. The highest BCUT2D eigenvalue weighted by Gasteiger charge is 2.30. The van der Waals surface area contributed by atoms with Crippen LogP contribution in [0.25, 0.3) is 0 Å². The third-order valence-corrected chi connectivity index (χ3v) is 3.30. The Labute approximate surface area is 120 Å². The van der Waals surface area contributed by atoms with Crippen molar-refractivity contribution in [3.05, 3.63) is 0 Å². The van der Waals surface area contributed by atoms with Gasteiger partial charge in [0.15, 0.2) is 0 Å². The van der Waals surface area contributed by atoms with E-state index in [9.17, 15) is 18.3 Å². The van der Waals surface area contributed by atoms with E-state index < -0.39 is 18.3 Å². The van der Waals surface area contributed by atoms with Gasteiger partial charge in [0.05, 0.1) is 13.2 Å². The summed E-state index contributed by atoms with van der Waals surface area (Å²) in [5, 5.41) is 12.7. The highest BCUT2D eigenvalue weighted by atomic mass is 19.4. The van der Waals surface area contributed by atoms with E-state index in [4.69, 9.17) is 0 Å². The normalized spacial score (nSPS) is 15.6. The van der Waals surface area contributed by atoms with Gasteiger partial charge in [0, 0.05) is 5.54 Å². The summed E-state index contributed by atoms with van der Waals surface area (Å²) in [5.74, 6) is 0. The van der Waals surface area contributed by atoms with Gasteiger partial charge in [-0.15, -0.1) is 0 Å². The predicted octanol–water partition coefficient (Wildman–Crippen LogP) is 2.79. The van der Waals surface area contributed by atoms with Gasteiger partial charge in [-0.3, -0.25) is 4.90 Å². The topological polar surface area (TPSA) is 35.5 Å². The maximum atomic E-state index is 12.4. The Bertz CT molecular complexity index is 249. The summed E-state index contributed by atoms with van der Waals surface area (Å²) >= 11 is 0. The molecule has 6 heteroatoms. The van der Waals surface area contributed by atoms with Gasteiger partial charge < -0.3 is 10.4 Å². The summed E-state index contributed by atoms with van der Waals surface area (Å²) < 4.78 is 37.3. The Balaban J connectivity index is 4.19. The van der Waals surface area contributed by atoms with E-state index in [-0.39, 0.29) is 6.61 Å². The molecular weight excluding hydrogens is 269 g/mol. The summed E-state index contributed by atoms with van der Waals surface area (Å²) in [7, 11) is 0. The van der Waals surface area contributed by atoms with Gasteiger partial charge in [0.25, 0.3) is 0 Å². The van der Waals surface area contributed by atoms with Crippen LogP contribution >= 0.6 is 0 Å². The quantitative estimate of drug-likeness (QED) is 0.616. The van der Waals surface area contributed by atoms with Gasteiger partial charge in [-0.2, -0.15) is 13.2 Å². The minimum atomic E-state index is -4.14. The number of hydrogen-bond donors (Lipinski definition) is 2. The molecule has 122 valence electrons. The lowest BCUT2D eigenvalue weighted by atomic mass is 9.96. The van der Waals surface area contributed by atoms with Gasteiger partial charge in [-0.25, -0.2) is 0 Å². The van der Waals surface area contributed by atoms with Gasteiger partial charge >= 0.3 is 6.18 Å². The molecule has 1 unspecified atom stereocenters. The van der Waals surface area contributed by atoms with E-state index in [2.05, 4.69) is 5.32 Å². The molecule has 0 radical (unpaired) electrons. The Morgan fingerprint density at radius 1 is 1.10 bits per heavy atom. The van der Waals surface area contributed by atoms with Crippen LogP contribution in [-0.4, -0.2) is 54.5 Å². The molecule has 0 aliphatic carbocycles. The fourth-order valence-electron chi connectivity index (χ4n) is 2.18. The molecule has 0 fully saturated rings. The van der Waals surface area contributed by atoms with E-state index >= 15 is 0 Å². The molecule has 3 nitrogen and oxygen atoms in total. The first-order valence-corrected chi connectivity index (χ1v) is 7.41. The number of aliphatic hydroxyl groups is 1. The second-order valence-electron chi connectivity index (χ2n) is 5.64. The Hall–Kier alpha value is -0.330. The van der Waals surface area contributed by atoms with Crippen molar-refractivity contribution in [2.24, 2.45) is 0 Å². The first-order chi connectivity index (χ1) is 9.26. The molecule has 0 aliphatic rings. The third kappa shape index (κ3) is 9.55. The molecule has 0 amide bonds. The van der Waals surface area contributed by atoms with Crippen LogP contribution in [-0.2, 0) is 0 Å². The van der Waals surface area contributed by atoms with Crippen LogP contribution in [0.1, 0.15) is 46.5 Å². The first-order valence-electron chi connectivity index (χ1n) is 7.41. The third-order valence-electron chi connectivity index (χ3n) is 3.30. The van der Waals surface area contributed by atoms with Crippen LogP contribution < -0.4 is 5.32 Å². The van der Waals surface area contributed by atoms with Gasteiger partial charge in [-0.1, -0.05) is 13.8 Å². The monoisotopic (exact) mass is 298 g/mol. The number of nitrogens with one attached hydrogen (secondary N) is 1. The summed E-state index contributed by atoms with van der Waals surface area (Å²) in [4.78, 5) is 1.44. The van der Waals surface area contributed by atoms with Crippen LogP contribution in [0, 0.1) is 0 Å². The van der Waals surface area contributed by atoms with Gasteiger partial charge in [-0.05, 0) is 52.2 Å². The molecule has 0 bridgehead atoms. The smallest absolute Gasteiger partial charge is 0.394 e. The van der Waals surface area contributed by atoms with Crippen molar-refractivity contribution < 1.29 is 18.3 Å². The lowest BCUT2D eigenvalue weighted by Crippen LogP contribution is -2.46. The first kappa shape index (κ1) is 19.7. The zero-order valence-electron chi connectivity index (χ0n) is 12.9. The van der Waals surface area contributed by atoms with Gasteiger partial charge in [0.2, 0.25) is 0 Å². The van der Waals surface area contributed by atoms with Crippen molar-refractivity contribution in [2.45, 2.75) is 58.2 Å². The SMILES string of the molecule is CCCNC(C)(CO)CCCN(CCC)CC(F)(F)F. The highest BCUT2D eigenvalue weighted by Crippen LogP contribution is 2.18. The number of aliphatic hydroxyl groups excluding tert-OH is 1. The second kappa shape index (κ2) is 9.58. The zero-order chi connectivity index (χ0) is 15.6. The van der Waals surface area contributed by atoms with Crippen molar-refractivity contribution >= 4 is 0 Å². The van der Waals surface area contributed by atoms with E-state index in [1.165, 1.54) is 4.90 Å². The summed E-state index contributed by atoms with van der Waals surface area (Å²) in [6, 6.07) is 0. The standard InChI is InChI=1S/C14H29F3N2O/c1-4-8-18-13(3,12-20)7-6-10-19(9-5-2)11-14(15,16)17/h18,20H,4-12H2,1-3H3. The summed E-state index contributed by atoms with van der Waals surface area (Å²) in [6.07, 6.45) is -1.16. The fourth-order valence-corrected chi connectivity index (χ4v) is 2.18. The minimum absolute atomic E-state index is 0.0000482. The van der Waals surface area contributed by atoms with Crippen molar-refractivity contribution in [3.63, 3.8) is 0 Å². The molecule has 0 saturated carbocycles. The molecule has 2 N–H and O–H groups in total. The average Bonchev–Trinajstić information content (AvgIpc) is 2.35. The Morgan fingerprint density at radius 2 is 1.75 bits per heavy atom. The molecule has 0 heterocycles. The van der Waals surface area contributed by atoms with Crippen LogP contribution in [0.3, 0.4) is 0 Å². The molecule has 0 aromatic heterocycles. The minimum Gasteiger partial charge on any atom is -0.394 e. The maximum absolute atomic E-state index is 12.4. The van der Waals surface area contributed by atoms with Crippen LogP contribution in [0.5, 0.6) is 0 Å². The van der Waals surface area contributed by atoms with Crippen molar-refractivity contribution in [1.29, 1.82) is 0 Å². The largest absolute Gasteiger partial charge is 0.401 e. The number of hydrogen-bond acceptors (Lipinski definition) is 3. The molecule has 0 aromatic rings. The number of halogens is 3. The molecule has 0 aromatic carbocycles. The van der Waals surface area contributed by atoms with Crippen LogP contribution in [0.4, 0.5) is 13.2 Å². The summed E-state index contributed by atoms with van der Waals surface area (Å²) in [6.45, 7) is 6.66. The van der Waals surface area contributed by atoms with Gasteiger partial charge in [0.1, 0.15) is 0 Å². The molecule has 0 rings (SSSR count). The lowest BCUT2D eigenvalue weighted by Gasteiger charge is -2.30. The van der Waals surface area contributed by atoms with Crippen molar-refractivity contribution in [1.82, 2.24) is 10.2 Å². The Morgan fingerprint density at radius 3 is 2.20 bits per heavy atom. The van der Waals surface area contributed by atoms with Crippen molar-refractivity contribution in [3.8, 4) is 0 Å². The second-order valence-corrected chi connectivity index (χ2v) is 5.64. The van der Waals surface area contributed by atoms with E-state index in [1.807, 2.05) is 20.8 Å². The van der Waals surface area contributed by atoms with Crippen molar-refractivity contribution in [2.75, 3.05) is 32.8 Å². The summed E-state index contributed by atoms with van der Waals surface area (Å²) in [5.41, 5.74) is -0.397. The van der Waals surface area contributed by atoms with Crippen LogP contribution in [0.2, 0.25) is 0 Å². The van der Waals surface area contributed by atoms with E-state index in [0.29, 0.717) is 32.4 Å². The van der Waals surface area contributed by atoms with E-state index in [1.54, 1.807) is 0 Å². The zero-order valence-corrected chi connectivity index (χ0v) is 12.9. The molecule has 0 aliphatic heterocycles.